The third-order valence-electron chi connectivity index (χ3n) is 4.24. The molecule has 0 saturated carbocycles. The molecule has 138 valence electrons. The second-order valence-corrected chi connectivity index (χ2v) is 7.26. The van der Waals surface area contributed by atoms with E-state index < -0.39 is 6.09 Å². The SMILES string of the molecule is CCCc1nc(C(=O)N2CC[C@H](NC(=O)OCc3ccccc3)C2)cs1. The highest BCUT2D eigenvalue weighted by molar-refractivity contribution is 7.09. The summed E-state index contributed by atoms with van der Waals surface area (Å²) in [4.78, 5) is 30.6. The number of hydrogen-bond donors (Lipinski definition) is 1. The Bertz CT molecular complexity index is 747. The minimum Gasteiger partial charge on any atom is -0.445 e. The highest BCUT2D eigenvalue weighted by Gasteiger charge is 2.29. The van der Waals surface area contributed by atoms with Gasteiger partial charge in [0.05, 0.1) is 11.0 Å². The van der Waals surface area contributed by atoms with Gasteiger partial charge < -0.3 is 15.0 Å². The number of carbonyl (C=O) groups excluding carboxylic acids is 2. The molecule has 1 saturated heterocycles. The summed E-state index contributed by atoms with van der Waals surface area (Å²) in [6.45, 7) is 3.43. The lowest BCUT2D eigenvalue weighted by atomic mass is 10.2. The van der Waals surface area contributed by atoms with Crippen molar-refractivity contribution in [1.82, 2.24) is 15.2 Å². The molecule has 1 aliphatic rings. The van der Waals surface area contributed by atoms with Crippen LogP contribution in [0.4, 0.5) is 4.79 Å². The standard InChI is InChI=1S/C19H23N3O3S/c1-2-6-17-21-16(13-26-17)18(23)22-10-9-15(11-22)20-19(24)25-12-14-7-4-3-5-8-14/h3-5,7-8,13,15H,2,6,9-12H2,1H3,(H,20,24)/t15-/m0/s1. The van der Waals surface area contributed by atoms with Crippen molar-refractivity contribution in [3.8, 4) is 0 Å². The van der Waals surface area contributed by atoms with Gasteiger partial charge in [-0.3, -0.25) is 4.79 Å². The van der Waals surface area contributed by atoms with Gasteiger partial charge in [-0.2, -0.15) is 0 Å². The van der Waals surface area contributed by atoms with E-state index in [0.29, 0.717) is 18.8 Å². The second-order valence-electron chi connectivity index (χ2n) is 6.32. The molecule has 1 atom stereocenters. The van der Waals surface area contributed by atoms with Crippen LogP contribution in [-0.2, 0) is 17.8 Å². The fourth-order valence-corrected chi connectivity index (χ4v) is 3.77. The Hall–Kier alpha value is -2.41. The Morgan fingerprint density at radius 3 is 2.92 bits per heavy atom. The fourth-order valence-electron chi connectivity index (χ4n) is 2.89. The number of nitrogens with one attached hydrogen (secondary N) is 1. The van der Waals surface area contributed by atoms with E-state index in [2.05, 4.69) is 17.2 Å². The maximum atomic E-state index is 12.5. The average Bonchev–Trinajstić information content (AvgIpc) is 3.30. The largest absolute Gasteiger partial charge is 0.445 e. The number of benzene rings is 1. The lowest BCUT2D eigenvalue weighted by Gasteiger charge is -2.16. The minimum absolute atomic E-state index is 0.0643. The summed E-state index contributed by atoms with van der Waals surface area (Å²) in [5.74, 6) is -0.0643. The Kier molecular flexibility index (Phi) is 6.22. The molecule has 1 N–H and O–H groups in total. The molecule has 2 heterocycles. The molecular weight excluding hydrogens is 350 g/mol. The molecule has 26 heavy (non-hydrogen) atoms. The van der Waals surface area contributed by atoms with Crippen LogP contribution in [0.15, 0.2) is 35.7 Å². The van der Waals surface area contributed by atoms with Crippen LogP contribution in [-0.4, -0.2) is 41.0 Å². The van der Waals surface area contributed by atoms with Crippen LogP contribution in [0.2, 0.25) is 0 Å². The highest BCUT2D eigenvalue weighted by atomic mass is 32.1. The summed E-state index contributed by atoms with van der Waals surface area (Å²) in [5.41, 5.74) is 1.45. The summed E-state index contributed by atoms with van der Waals surface area (Å²) in [6.07, 6.45) is 2.18. The van der Waals surface area contributed by atoms with Crippen molar-refractivity contribution in [3.63, 3.8) is 0 Å². The molecule has 0 aliphatic carbocycles. The number of aryl methyl sites for hydroxylation is 1. The van der Waals surface area contributed by atoms with Crippen molar-refractivity contribution in [2.75, 3.05) is 13.1 Å². The van der Waals surface area contributed by atoms with Crippen LogP contribution in [0.1, 0.15) is 40.8 Å². The lowest BCUT2D eigenvalue weighted by molar-refractivity contribution is 0.0781. The van der Waals surface area contributed by atoms with Gasteiger partial charge in [0.15, 0.2) is 0 Å². The number of carbonyl (C=O) groups is 2. The Labute approximate surface area is 157 Å². The van der Waals surface area contributed by atoms with Gasteiger partial charge in [-0.05, 0) is 24.8 Å². The molecule has 1 aliphatic heterocycles. The van der Waals surface area contributed by atoms with Crippen LogP contribution in [0.25, 0.3) is 0 Å². The van der Waals surface area contributed by atoms with E-state index in [9.17, 15) is 9.59 Å². The summed E-state index contributed by atoms with van der Waals surface area (Å²) < 4.78 is 5.24. The molecular formula is C19H23N3O3S. The molecule has 0 unspecified atom stereocenters. The maximum Gasteiger partial charge on any atom is 0.407 e. The number of alkyl carbamates (subject to hydrolysis) is 1. The van der Waals surface area contributed by atoms with Gasteiger partial charge in [0.25, 0.3) is 5.91 Å². The zero-order chi connectivity index (χ0) is 18.4. The van der Waals surface area contributed by atoms with Crippen LogP contribution in [0.5, 0.6) is 0 Å². The van der Waals surface area contributed by atoms with Gasteiger partial charge in [-0.15, -0.1) is 11.3 Å². The number of hydrogen-bond acceptors (Lipinski definition) is 5. The molecule has 2 aromatic rings. The molecule has 0 bridgehead atoms. The van der Waals surface area contributed by atoms with Gasteiger partial charge in [0, 0.05) is 18.5 Å². The summed E-state index contributed by atoms with van der Waals surface area (Å²) in [5, 5.41) is 5.65. The molecule has 3 rings (SSSR count). The van der Waals surface area contributed by atoms with E-state index in [-0.39, 0.29) is 18.6 Å². The number of ether oxygens (including phenoxy) is 1. The number of nitrogens with zero attached hydrogens (tertiary/aromatic N) is 2. The van der Waals surface area contributed by atoms with E-state index >= 15 is 0 Å². The number of aromatic nitrogens is 1. The van der Waals surface area contributed by atoms with Crippen LogP contribution < -0.4 is 5.32 Å². The van der Waals surface area contributed by atoms with E-state index in [1.54, 1.807) is 4.90 Å². The average molecular weight is 373 g/mol. The van der Waals surface area contributed by atoms with Gasteiger partial charge >= 0.3 is 6.09 Å². The highest BCUT2D eigenvalue weighted by Crippen LogP contribution is 2.17. The number of amides is 2. The minimum atomic E-state index is -0.452. The third kappa shape index (κ3) is 4.82. The van der Waals surface area contributed by atoms with E-state index in [1.807, 2.05) is 35.7 Å². The predicted molar refractivity (Wildman–Crippen MR) is 100 cm³/mol. The van der Waals surface area contributed by atoms with Gasteiger partial charge in [-0.1, -0.05) is 37.3 Å². The van der Waals surface area contributed by atoms with Gasteiger partial charge in [0.1, 0.15) is 12.3 Å². The first-order valence-corrected chi connectivity index (χ1v) is 9.74. The Balaban J connectivity index is 1.45. The fraction of sp³-hybridized carbons (Fsp3) is 0.421. The van der Waals surface area contributed by atoms with Crippen molar-refractivity contribution >= 4 is 23.3 Å². The number of thiazole rings is 1. The molecule has 7 heteroatoms. The predicted octanol–water partition coefficient (Wildman–Crippen LogP) is 3.24. The van der Waals surface area contributed by atoms with Crippen LogP contribution >= 0.6 is 11.3 Å². The van der Waals surface area contributed by atoms with Gasteiger partial charge in [0.2, 0.25) is 0 Å². The summed E-state index contributed by atoms with van der Waals surface area (Å²) in [7, 11) is 0. The monoisotopic (exact) mass is 373 g/mol. The maximum absolute atomic E-state index is 12.5. The lowest BCUT2D eigenvalue weighted by Crippen LogP contribution is -2.38. The molecule has 0 spiro atoms. The topological polar surface area (TPSA) is 71.5 Å². The first kappa shape index (κ1) is 18.4. The summed E-state index contributed by atoms with van der Waals surface area (Å²) >= 11 is 1.53. The molecule has 1 aromatic heterocycles. The summed E-state index contributed by atoms with van der Waals surface area (Å²) in [6, 6.07) is 9.45. The third-order valence-corrected chi connectivity index (χ3v) is 5.15. The van der Waals surface area contributed by atoms with Gasteiger partial charge in [-0.25, -0.2) is 9.78 Å². The molecule has 2 amide bonds. The second kappa shape index (κ2) is 8.80. The molecule has 1 aromatic carbocycles. The number of likely N-dealkylation sites (tertiary alicyclic amines) is 1. The van der Waals surface area contributed by atoms with E-state index in [0.717, 1.165) is 29.8 Å². The normalized spacial score (nSPS) is 16.5. The first-order valence-electron chi connectivity index (χ1n) is 8.86. The van der Waals surface area contributed by atoms with Crippen molar-refractivity contribution in [2.45, 2.75) is 38.8 Å². The van der Waals surface area contributed by atoms with Crippen molar-refractivity contribution in [2.24, 2.45) is 0 Å². The van der Waals surface area contributed by atoms with Crippen LogP contribution in [0, 0.1) is 0 Å². The Morgan fingerprint density at radius 1 is 1.35 bits per heavy atom. The van der Waals surface area contributed by atoms with Crippen molar-refractivity contribution in [3.05, 3.63) is 52.0 Å². The number of rotatable bonds is 6. The molecule has 0 radical (unpaired) electrons. The molecule has 6 nitrogen and oxygen atoms in total. The van der Waals surface area contributed by atoms with E-state index in [1.165, 1.54) is 11.3 Å². The van der Waals surface area contributed by atoms with Crippen molar-refractivity contribution < 1.29 is 14.3 Å². The quantitative estimate of drug-likeness (QED) is 0.844. The van der Waals surface area contributed by atoms with Crippen LogP contribution in [0.3, 0.4) is 0 Å². The molecule has 1 fully saturated rings. The Morgan fingerprint density at radius 2 is 2.15 bits per heavy atom. The zero-order valence-corrected chi connectivity index (χ0v) is 15.6. The smallest absolute Gasteiger partial charge is 0.407 e. The van der Waals surface area contributed by atoms with Crippen molar-refractivity contribution in [1.29, 1.82) is 0 Å². The first-order chi connectivity index (χ1) is 12.7. The van der Waals surface area contributed by atoms with E-state index in [4.69, 9.17) is 4.74 Å². The zero-order valence-electron chi connectivity index (χ0n) is 14.8.